The Morgan fingerprint density at radius 3 is 2.00 bits per heavy atom. The average molecular weight is 100 g/mol. The number of rotatable bonds is 1. The zero-order chi connectivity index (χ0) is 3.41. The molecular formula is C3H10NaP. The Bertz CT molecular complexity index is 12.8. The van der Waals surface area contributed by atoms with Crippen LogP contribution in [0.4, 0.5) is 0 Å². The van der Waals surface area contributed by atoms with E-state index in [1.165, 1.54) is 12.6 Å². The molecule has 1 unspecified atom stereocenters. The van der Waals surface area contributed by atoms with Gasteiger partial charge in [-0.3, -0.25) is 0 Å². The van der Waals surface area contributed by atoms with Crippen molar-refractivity contribution in [2.75, 3.05) is 6.16 Å². The Balaban J connectivity index is -0.0000000450. The first-order valence-electron chi connectivity index (χ1n) is 1.62. The van der Waals surface area contributed by atoms with Crippen LogP contribution in [0.5, 0.6) is 0 Å². The Labute approximate surface area is 59.7 Å². The van der Waals surface area contributed by atoms with Gasteiger partial charge in [0.15, 0.2) is 0 Å². The van der Waals surface area contributed by atoms with Crippen molar-refractivity contribution in [2.45, 2.75) is 13.3 Å². The third-order valence-electron chi connectivity index (χ3n) is 0.289. The van der Waals surface area contributed by atoms with Gasteiger partial charge in [-0.15, -0.1) is 9.24 Å². The Morgan fingerprint density at radius 2 is 2.00 bits per heavy atom. The quantitative estimate of drug-likeness (QED) is 0.274. The van der Waals surface area contributed by atoms with Crippen LogP contribution in [0, 0.1) is 0 Å². The first-order valence-corrected chi connectivity index (χ1v) is 2.43. The molecule has 0 aliphatic heterocycles. The van der Waals surface area contributed by atoms with Crippen LogP contribution < -0.4 is 29.6 Å². The fraction of sp³-hybridized carbons (Fsp3) is 1.00. The van der Waals surface area contributed by atoms with Crippen LogP contribution >= 0.6 is 9.24 Å². The van der Waals surface area contributed by atoms with E-state index in [1.807, 2.05) is 0 Å². The Morgan fingerprint density at radius 1 is 1.80 bits per heavy atom. The van der Waals surface area contributed by atoms with Crippen molar-refractivity contribution >= 4 is 9.24 Å². The first-order chi connectivity index (χ1) is 1.91. The van der Waals surface area contributed by atoms with Crippen molar-refractivity contribution in [2.24, 2.45) is 0 Å². The van der Waals surface area contributed by atoms with E-state index in [0.29, 0.717) is 0 Å². The molecular weight excluding hydrogens is 90.0 g/mol. The maximum absolute atomic E-state index is 2.66. The first kappa shape index (κ1) is 9.66. The summed E-state index contributed by atoms with van der Waals surface area (Å²) in [5.41, 5.74) is 0. The van der Waals surface area contributed by atoms with Crippen LogP contribution in [0.1, 0.15) is 14.8 Å². The summed E-state index contributed by atoms with van der Waals surface area (Å²) in [6.45, 7) is 2.16. The molecule has 0 fully saturated rings. The second-order valence-electron chi connectivity index (χ2n) is 0.789. The van der Waals surface area contributed by atoms with Crippen molar-refractivity contribution in [3.63, 3.8) is 0 Å². The minimum absolute atomic E-state index is 0. The summed E-state index contributed by atoms with van der Waals surface area (Å²) in [7, 11) is 2.66. The van der Waals surface area contributed by atoms with Crippen LogP contribution in [0.15, 0.2) is 0 Å². The predicted octanol–water partition coefficient (Wildman–Crippen LogP) is -1.61. The summed E-state index contributed by atoms with van der Waals surface area (Å²) in [5, 5.41) is 0. The third kappa shape index (κ3) is 10.8. The summed E-state index contributed by atoms with van der Waals surface area (Å²) < 4.78 is 0. The van der Waals surface area contributed by atoms with E-state index < -0.39 is 0 Å². The number of hydrogen-bond acceptors (Lipinski definition) is 0. The van der Waals surface area contributed by atoms with E-state index in [-0.39, 0.29) is 31.0 Å². The van der Waals surface area contributed by atoms with E-state index >= 15 is 0 Å². The van der Waals surface area contributed by atoms with Gasteiger partial charge in [-0.1, -0.05) is 13.3 Å². The maximum atomic E-state index is 2.66. The molecule has 28 valence electrons. The molecule has 0 bridgehead atoms. The Kier molecular flexibility index (Phi) is 17.5. The zero-order valence-electron chi connectivity index (χ0n) is 4.99. The molecule has 1 atom stereocenters. The van der Waals surface area contributed by atoms with Crippen LogP contribution in [-0.4, -0.2) is 6.16 Å². The van der Waals surface area contributed by atoms with Crippen LogP contribution in [0.2, 0.25) is 0 Å². The SMILES string of the molecule is CCCP.[H-].[Na+]. The van der Waals surface area contributed by atoms with Crippen molar-refractivity contribution in [1.82, 2.24) is 0 Å². The molecule has 0 saturated heterocycles. The van der Waals surface area contributed by atoms with Crippen LogP contribution in [0.3, 0.4) is 0 Å². The zero-order valence-corrected chi connectivity index (χ0v) is 7.15. The van der Waals surface area contributed by atoms with E-state index in [1.54, 1.807) is 0 Å². The fourth-order valence-electron chi connectivity index (χ4n) is 0. The molecule has 0 aromatic heterocycles. The normalized spacial score (nSPS) is 6.00. The molecule has 0 nitrogen and oxygen atoms in total. The third-order valence-corrected chi connectivity index (χ3v) is 0.866. The number of hydrogen-bond donors (Lipinski definition) is 0. The molecule has 0 amide bonds. The van der Waals surface area contributed by atoms with Gasteiger partial charge < -0.3 is 1.43 Å². The van der Waals surface area contributed by atoms with Gasteiger partial charge in [-0.05, 0) is 6.16 Å². The molecule has 0 aliphatic rings. The average Bonchev–Trinajstić information content (AvgIpc) is 1.37. The van der Waals surface area contributed by atoms with Crippen molar-refractivity contribution in [3.8, 4) is 0 Å². The summed E-state index contributed by atoms with van der Waals surface area (Å²) in [6, 6.07) is 0. The van der Waals surface area contributed by atoms with E-state index in [9.17, 15) is 0 Å². The van der Waals surface area contributed by atoms with Gasteiger partial charge in [0, 0.05) is 0 Å². The molecule has 0 aromatic carbocycles. The molecule has 0 N–H and O–H groups in total. The van der Waals surface area contributed by atoms with Gasteiger partial charge in [-0.25, -0.2) is 0 Å². The molecule has 2 heteroatoms. The molecule has 0 saturated carbocycles. The Hall–Kier alpha value is 1.43. The topological polar surface area (TPSA) is 0 Å². The van der Waals surface area contributed by atoms with Crippen molar-refractivity contribution in [3.05, 3.63) is 0 Å². The van der Waals surface area contributed by atoms with Crippen LogP contribution in [0.25, 0.3) is 0 Å². The largest absolute Gasteiger partial charge is 1.00 e. The summed E-state index contributed by atoms with van der Waals surface area (Å²) in [6.07, 6.45) is 2.52. The van der Waals surface area contributed by atoms with Crippen molar-refractivity contribution < 1.29 is 31.0 Å². The van der Waals surface area contributed by atoms with Crippen LogP contribution in [-0.2, 0) is 0 Å². The minimum atomic E-state index is 0. The van der Waals surface area contributed by atoms with Gasteiger partial charge in [-0.2, -0.15) is 0 Å². The molecule has 0 spiro atoms. The van der Waals surface area contributed by atoms with Gasteiger partial charge >= 0.3 is 29.6 Å². The van der Waals surface area contributed by atoms with Gasteiger partial charge in [0.2, 0.25) is 0 Å². The second kappa shape index (κ2) is 9.06. The maximum Gasteiger partial charge on any atom is 1.00 e. The molecule has 5 heavy (non-hydrogen) atoms. The second-order valence-corrected chi connectivity index (χ2v) is 1.37. The monoisotopic (exact) mass is 100 g/mol. The van der Waals surface area contributed by atoms with E-state index in [0.717, 1.165) is 0 Å². The van der Waals surface area contributed by atoms with E-state index in [4.69, 9.17) is 0 Å². The predicted molar refractivity (Wildman–Crippen MR) is 26.0 cm³/mol. The minimum Gasteiger partial charge on any atom is -1.00 e. The smallest absolute Gasteiger partial charge is 1.00 e. The summed E-state index contributed by atoms with van der Waals surface area (Å²) in [4.78, 5) is 0. The standard InChI is InChI=1S/C3H9P.Na.H/c1-2-3-4;;/h2-4H2,1H3;;/q;+1;-1. The summed E-state index contributed by atoms with van der Waals surface area (Å²) in [5.74, 6) is 0. The van der Waals surface area contributed by atoms with Gasteiger partial charge in [0.1, 0.15) is 0 Å². The molecule has 0 aromatic rings. The van der Waals surface area contributed by atoms with Crippen molar-refractivity contribution in [1.29, 1.82) is 0 Å². The molecule has 0 radical (unpaired) electrons. The van der Waals surface area contributed by atoms with Gasteiger partial charge in [0.25, 0.3) is 0 Å². The molecule has 0 heterocycles. The molecule has 0 rings (SSSR count). The van der Waals surface area contributed by atoms with Gasteiger partial charge in [0.05, 0.1) is 0 Å². The van der Waals surface area contributed by atoms with E-state index in [2.05, 4.69) is 16.2 Å². The summed E-state index contributed by atoms with van der Waals surface area (Å²) >= 11 is 0. The fourth-order valence-corrected chi connectivity index (χ4v) is 0. The molecule has 0 aliphatic carbocycles.